The van der Waals surface area contributed by atoms with Crippen LogP contribution >= 0.6 is 0 Å². The van der Waals surface area contributed by atoms with Crippen LogP contribution in [0.2, 0.25) is 0 Å². The minimum absolute atomic E-state index is 0.191. The lowest BCUT2D eigenvalue weighted by Gasteiger charge is -2.19. The summed E-state index contributed by atoms with van der Waals surface area (Å²) in [6.45, 7) is 11.2. The molecule has 152 valence electrons. The average molecular weight is 412 g/mol. The molecule has 8 heteroatoms. The summed E-state index contributed by atoms with van der Waals surface area (Å²) in [5, 5.41) is 0.481. The monoisotopic (exact) mass is 411 g/mol. The van der Waals surface area contributed by atoms with Gasteiger partial charge in [-0.2, -0.15) is 0 Å². The lowest BCUT2D eigenvalue weighted by atomic mass is 10.0. The third-order valence-corrected chi connectivity index (χ3v) is 5.93. The van der Waals surface area contributed by atoms with E-state index in [-0.39, 0.29) is 5.56 Å². The van der Waals surface area contributed by atoms with Gasteiger partial charge < -0.3 is 4.55 Å². The normalized spacial score (nSPS) is 13.7. The van der Waals surface area contributed by atoms with Crippen molar-refractivity contribution in [3.63, 3.8) is 0 Å². The van der Waals surface area contributed by atoms with Gasteiger partial charge in [0.2, 0.25) is 0 Å². The van der Waals surface area contributed by atoms with Crippen LogP contribution in [0.4, 0.5) is 0 Å². The number of rotatable bonds is 3. The highest BCUT2D eigenvalue weighted by atomic mass is 32.2. The second kappa shape index (κ2) is 7.68. The molecule has 0 bridgehead atoms. The van der Waals surface area contributed by atoms with E-state index in [1.165, 1.54) is 4.57 Å². The van der Waals surface area contributed by atoms with Gasteiger partial charge in [-0.1, -0.05) is 4.40 Å². The van der Waals surface area contributed by atoms with Gasteiger partial charge >= 0.3 is 0 Å². The highest BCUT2D eigenvalue weighted by Gasteiger charge is 2.27. The zero-order valence-electron chi connectivity index (χ0n) is 17.8. The van der Waals surface area contributed by atoms with Crippen molar-refractivity contribution in [2.75, 3.05) is 0 Å². The summed E-state index contributed by atoms with van der Waals surface area (Å²) in [4.78, 5) is 26.4. The Kier molecular flexibility index (Phi) is 5.60. The standard InChI is InChI=1S/C21H25N5O2S/c1-12-8-15(14(3)25-29(28)21(4,5)6)17-16(9-12)20(27)26(7)19(24-17)18-22-10-13(2)11-23-18/h8-11H,1-7H3/b25-14+/t29-/m1/s1. The molecule has 0 N–H and O–H groups in total. The Morgan fingerprint density at radius 2 is 1.76 bits per heavy atom. The third kappa shape index (κ3) is 4.23. The molecule has 0 amide bonds. The predicted octanol–water partition coefficient (Wildman–Crippen LogP) is 3.28. The topological polar surface area (TPSA) is 96.1 Å². The molecule has 0 aliphatic heterocycles. The average Bonchev–Trinajstić information content (AvgIpc) is 2.64. The molecule has 2 heterocycles. The summed E-state index contributed by atoms with van der Waals surface area (Å²) in [5.41, 5.74) is 3.39. The molecule has 0 aliphatic carbocycles. The van der Waals surface area contributed by atoms with E-state index >= 15 is 0 Å². The van der Waals surface area contributed by atoms with Gasteiger partial charge in [0.05, 0.1) is 16.6 Å². The van der Waals surface area contributed by atoms with Crippen LogP contribution in [-0.4, -0.2) is 34.5 Å². The van der Waals surface area contributed by atoms with Gasteiger partial charge in [0.25, 0.3) is 5.56 Å². The minimum atomic E-state index is -1.42. The van der Waals surface area contributed by atoms with Crippen molar-refractivity contribution in [2.45, 2.75) is 46.3 Å². The molecule has 3 rings (SSSR count). The first kappa shape index (κ1) is 21.1. The van der Waals surface area contributed by atoms with Gasteiger partial charge in [0, 0.05) is 25.0 Å². The second-order valence-electron chi connectivity index (χ2n) is 8.13. The lowest BCUT2D eigenvalue weighted by molar-refractivity contribution is 0.561. The lowest BCUT2D eigenvalue weighted by Crippen LogP contribution is -2.27. The molecule has 1 atom stereocenters. The molecule has 3 aromatic rings. The molecule has 1 aromatic carbocycles. The summed E-state index contributed by atoms with van der Waals surface area (Å²) < 4.78 is 17.9. The fourth-order valence-electron chi connectivity index (χ4n) is 2.81. The van der Waals surface area contributed by atoms with E-state index in [1.807, 2.05) is 46.8 Å². The molecule has 2 aromatic heterocycles. The van der Waals surface area contributed by atoms with Crippen LogP contribution in [-0.2, 0) is 18.4 Å². The Morgan fingerprint density at radius 3 is 2.34 bits per heavy atom. The number of hydrogen-bond acceptors (Lipinski definition) is 6. The summed E-state index contributed by atoms with van der Waals surface area (Å²) in [5.74, 6) is 0.744. The van der Waals surface area contributed by atoms with Gasteiger partial charge in [-0.15, -0.1) is 0 Å². The van der Waals surface area contributed by atoms with Gasteiger partial charge in [-0.25, -0.2) is 15.0 Å². The van der Waals surface area contributed by atoms with Crippen molar-refractivity contribution >= 4 is 28.0 Å². The van der Waals surface area contributed by atoms with E-state index in [0.717, 1.165) is 11.1 Å². The van der Waals surface area contributed by atoms with Gasteiger partial charge in [-0.05, 0) is 64.8 Å². The molecule has 29 heavy (non-hydrogen) atoms. The molecule has 0 unspecified atom stereocenters. The van der Waals surface area contributed by atoms with Crippen LogP contribution < -0.4 is 5.56 Å². The largest absolute Gasteiger partial charge is 0.591 e. The van der Waals surface area contributed by atoms with E-state index < -0.39 is 16.1 Å². The van der Waals surface area contributed by atoms with E-state index in [2.05, 4.69) is 14.4 Å². The maximum absolute atomic E-state index is 13.1. The van der Waals surface area contributed by atoms with Crippen LogP contribution in [0, 0.1) is 13.8 Å². The fraction of sp³-hybridized carbons (Fsp3) is 0.381. The summed E-state index contributed by atoms with van der Waals surface area (Å²) in [6, 6.07) is 3.72. The molecular formula is C21H25N5O2S. The van der Waals surface area contributed by atoms with Crippen LogP contribution in [0.3, 0.4) is 0 Å². The number of aryl methyl sites for hydroxylation is 2. The zero-order chi connectivity index (χ0) is 21.5. The van der Waals surface area contributed by atoms with Crippen molar-refractivity contribution in [3.05, 3.63) is 51.6 Å². The molecule has 7 nitrogen and oxygen atoms in total. The highest BCUT2D eigenvalue weighted by Crippen LogP contribution is 2.23. The van der Waals surface area contributed by atoms with Crippen LogP contribution in [0.1, 0.15) is 44.4 Å². The number of benzene rings is 1. The third-order valence-electron chi connectivity index (χ3n) is 4.44. The van der Waals surface area contributed by atoms with Crippen molar-refractivity contribution in [3.8, 4) is 11.6 Å². The van der Waals surface area contributed by atoms with E-state index in [1.54, 1.807) is 26.4 Å². The Labute approximate surface area is 173 Å². The molecule has 0 saturated carbocycles. The molecule has 0 spiro atoms. The predicted molar refractivity (Wildman–Crippen MR) is 118 cm³/mol. The number of hydrogen-bond donors (Lipinski definition) is 0. The van der Waals surface area contributed by atoms with Crippen molar-refractivity contribution in [1.82, 2.24) is 19.5 Å². The number of nitrogens with zero attached hydrogens (tertiary/aromatic N) is 5. The maximum Gasteiger partial charge on any atom is 0.261 e. The van der Waals surface area contributed by atoms with Crippen molar-refractivity contribution in [1.29, 1.82) is 0 Å². The van der Waals surface area contributed by atoms with Gasteiger partial charge in [-0.3, -0.25) is 9.36 Å². The van der Waals surface area contributed by atoms with Gasteiger partial charge in [0.1, 0.15) is 16.1 Å². The Hall–Kier alpha value is -2.58. The SMILES string of the molecule is C/C(=N\[S@+]([O-])C(C)(C)C)c1cc(C)cc2c(=O)n(C)c(-c3ncc(C)cn3)nc12. The Morgan fingerprint density at radius 1 is 1.14 bits per heavy atom. The number of fused-ring (bicyclic) bond motifs is 1. The van der Waals surface area contributed by atoms with Crippen molar-refractivity contribution < 1.29 is 4.55 Å². The first-order valence-electron chi connectivity index (χ1n) is 9.27. The van der Waals surface area contributed by atoms with E-state index in [4.69, 9.17) is 4.98 Å². The first-order valence-corrected chi connectivity index (χ1v) is 10.4. The highest BCUT2D eigenvalue weighted by molar-refractivity contribution is 7.91. The van der Waals surface area contributed by atoms with E-state index in [9.17, 15) is 9.35 Å². The first-order chi connectivity index (χ1) is 13.5. The second-order valence-corrected chi connectivity index (χ2v) is 10.0. The summed E-state index contributed by atoms with van der Waals surface area (Å²) in [7, 11) is 1.66. The molecule has 0 radical (unpaired) electrons. The van der Waals surface area contributed by atoms with E-state index in [0.29, 0.717) is 33.8 Å². The molecule has 0 fully saturated rings. The minimum Gasteiger partial charge on any atom is -0.591 e. The van der Waals surface area contributed by atoms with Crippen molar-refractivity contribution in [2.24, 2.45) is 11.4 Å². The zero-order valence-corrected chi connectivity index (χ0v) is 18.6. The Bertz CT molecular complexity index is 1160. The van der Waals surface area contributed by atoms with Crippen LogP contribution in [0.15, 0.2) is 33.7 Å². The summed E-state index contributed by atoms with van der Waals surface area (Å²) in [6.07, 6.45) is 3.38. The molecular weight excluding hydrogens is 386 g/mol. The van der Waals surface area contributed by atoms with Gasteiger partial charge in [0.15, 0.2) is 11.6 Å². The van der Waals surface area contributed by atoms with Crippen LogP contribution in [0.5, 0.6) is 0 Å². The molecule has 0 saturated heterocycles. The Balaban J connectivity index is 2.30. The maximum atomic E-state index is 13.1. The fourth-order valence-corrected chi connectivity index (χ4v) is 3.44. The quantitative estimate of drug-likeness (QED) is 0.487. The molecule has 0 aliphatic rings. The smallest absolute Gasteiger partial charge is 0.261 e. The summed E-state index contributed by atoms with van der Waals surface area (Å²) >= 11 is -1.42. The van der Waals surface area contributed by atoms with Crippen LogP contribution in [0.25, 0.3) is 22.6 Å². The number of aromatic nitrogens is 4.